The Kier molecular flexibility index (Phi) is 4.50. The number of carbonyl (C=O) groups is 2. The van der Waals surface area contributed by atoms with Gasteiger partial charge >= 0.3 is 12.0 Å². The summed E-state index contributed by atoms with van der Waals surface area (Å²) in [6, 6.07) is 4.88. The highest BCUT2D eigenvalue weighted by atomic mass is 16.4. The molecule has 2 N–H and O–H groups in total. The van der Waals surface area contributed by atoms with Gasteiger partial charge in [-0.25, -0.2) is 9.59 Å². The molecule has 2 atom stereocenters. The first-order valence-electron chi connectivity index (χ1n) is 7.27. The van der Waals surface area contributed by atoms with Crippen molar-refractivity contribution in [3.8, 4) is 0 Å². The van der Waals surface area contributed by atoms with Gasteiger partial charge in [-0.15, -0.1) is 0 Å². The fraction of sp³-hybridized carbons (Fsp3) is 0.500. The van der Waals surface area contributed by atoms with E-state index in [-0.39, 0.29) is 11.6 Å². The van der Waals surface area contributed by atoms with Crippen molar-refractivity contribution < 1.29 is 14.7 Å². The number of piperidine rings is 1. The monoisotopic (exact) mass is 290 g/mol. The zero-order valence-electron chi connectivity index (χ0n) is 12.7. The average Bonchev–Trinajstić information content (AvgIpc) is 2.37. The first-order valence-corrected chi connectivity index (χ1v) is 7.27. The molecule has 1 aliphatic heterocycles. The highest BCUT2D eigenvalue weighted by Crippen LogP contribution is 2.23. The summed E-state index contributed by atoms with van der Waals surface area (Å²) in [5.41, 5.74) is 1.16. The van der Waals surface area contributed by atoms with E-state index in [1.807, 2.05) is 0 Å². The molecule has 0 saturated carbocycles. The summed E-state index contributed by atoms with van der Waals surface area (Å²) in [6.07, 6.45) is 1.12. The number of benzene rings is 1. The molecular formula is C16H22N2O3. The number of nitrogens with one attached hydrogen (secondary N) is 1. The molecule has 114 valence electrons. The van der Waals surface area contributed by atoms with E-state index in [4.69, 9.17) is 0 Å². The van der Waals surface area contributed by atoms with Crippen LogP contribution in [0.3, 0.4) is 0 Å². The summed E-state index contributed by atoms with van der Waals surface area (Å²) >= 11 is 0. The molecule has 1 fully saturated rings. The Balaban J connectivity index is 2.16. The lowest BCUT2D eigenvalue weighted by Gasteiger charge is -2.35. The van der Waals surface area contributed by atoms with Gasteiger partial charge in [0, 0.05) is 13.1 Å². The number of carboxylic acid groups (broad SMARTS) is 1. The maximum atomic E-state index is 12.4. The minimum atomic E-state index is -1.02. The molecule has 0 aromatic heterocycles. The number of aromatic carboxylic acids is 1. The molecule has 2 unspecified atom stereocenters. The third-order valence-electron chi connectivity index (χ3n) is 3.88. The number of carbonyl (C=O) groups excluding carboxylic acids is 1. The fourth-order valence-corrected chi connectivity index (χ4v) is 3.08. The summed E-state index contributed by atoms with van der Waals surface area (Å²) in [5, 5.41) is 12.0. The molecule has 2 amide bonds. The van der Waals surface area contributed by atoms with Gasteiger partial charge < -0.3 is 15.3 Å². The van der Waals surface area contributed by atoms with E-state index in [0.29, 0.717) is 36.2 Å². The maximum absolute atomic E-state index is 12.4. The molecule has 0 aliphatic carbocycles. The van der Waals surface area contributed by atoms with Crippen molar-refractivity contribution in [3.63, 3.8) is 0 Å². The second-order valence-corrected chi connectivity index (χ2v) is 6.08. The van der Waals surface area contributed by atoms with Crippen LogP contribution in [0.2, 0.25) is 0 Å². The van der Waals surface area contributed by atoms with Gasteiger partial charge in [-0.2, -0.15) is 0 Å². The van der Waals surface area contributed by atoms with Crippen LogP contribution in [0.1, 0.15) is 36.2 Å². The first kappa shape index (κ1) is 15.4. The van der Waals surface area contributed by atoms with E-state index in [9.17, 15) is 14.7 Å². The highest BCUT2D eigenvalue weighted by molar-refractivity contribution is 6.01. The molecule has 5 nitrogen and oxygen atoms in total. The number of carboxylic acids is 1. The van der Waals surface area contributed by atoms with Gasteiger partial charge in [0.25, 0.3) is 0 Å². The quantitative estimate of drug-likeness (QED) is 0.878. The molecule has 1 aliphatic rings. The van der Waals surface area contributed by atoms with Crippen molar-refractivity contribution in [2.45, 2.75) is 27.2 Å². The van der Waals surface area contributed by atoms with E-state index < -0.39 is 5.97 Å². The molecule has 1 aromatic carbocycles. The Hall–Kier alpha value is -2.04. The number of anilines is 1. The van der Waals surface area contributed by atoms with Crippen molar-refractivity contribution in [2.75, 3.05) is 18.4 Å². The van der Waals surface area contributed by atoms with Crippen LogP contribution < -0.4 is 5.32 Å². The average molecular weight is 290 g/mol. The number of amides is 2. The fourth-order valence-electron chi connectivity index (χ4n) is 3.08. The number of likely N-dealkylation sites (tertiary alicyclic amines) is 1. The highest BCUT2D eigenvalue weighted by Gasteiger charge is 2.26. The number of hydrogen-bond acceptors (Lipinski definition) is 2. The largest absolute Gasteiger partial charge is 0.478 e. The second kappa shape index (κ2) is 6.16. The van der Waals surface area contributed by atoms with Crippen molar-refractivity contribution in [2.24, 2.45) is 11.8 Å². The molecular weight excluding hydrogens is 268 g/mol. The Bertz CT molecular complexity index is 546. The Morgan fingerprint density at radius 2 is 1.86 bits per heavy atom. The summed E-state index contributed by atoms with van der Waals surface area (Å²) in [7, 11) is 0. The van der Waals surface area contributed by atoms with Gasteiger partial charge in [0.15, 0.2) is 0 Å². The van der Waals surface area contributed by atoms with Gasteiger partial charge in [0.1, 0.15) is 0 Å². The van der Waals surface area contributed by atoms with Crippen LogP contribution in [0.15, 0.2) is 18.2 Å². The zero-order chi connectivity index (χ0) is 15.6. The molecule has 0 bridgehead atoms. The number of urea groups is 1. The number of nitrogens with zero attached hydrogens (tertiary/aromatic N) is 1. The second-order valence-electron chi connectivity index (χ2n) is 6.08. The molecule has 0 spiro atoms. The Morgan fingerprint density at radius 1 is 1.24 bits per heavy atom. The van der Waals surface area contributed by atoms with Crippen LogP contribution in [0.5, 0.6) is 0 Å². The van der Waals surface area contributed by atoms with E-state index >= 15 is 0 Å². The molecule has 1 saturated heterocycles. The van der Waals surface area contributed by atoms with Crippen molar-refractivity contribution >= 4 is 17.7 Å². The van der Waals surface area contributed by atoms with Crippen molar-refractivity contribution in [3.05, 3.63) is 29.3 Å². The van der Waals surface area contributed by atoms with E-state index in [0.717, 1.165) is 6.42 Å². The molecule has 21 heavy (non-hydrogen) atoms. The van der Waals surface area contributed by atoms with Crippen LogP contribution in [-0.2, 0) is 0 Å². The summed E-state index contributed by atoms with van der Waals surface area (Å²) < 4.78 is 0. The van der Waals surface area contributed by atoms with Crippen LogP contribution in [0.4, 0.5) is 10.5 Å². The van der Waals surface area contributed by atoms with Crippen LogP contribution in [0, 0.1) is 18.8 Å². The van der Waals surface area contributed by atoms with Gasteiger partial charge in [0.2, 0.25) is 0 Å². The lowest BCUT2D eigenvalue weighted by Crippen LogP contribution is -2.44. The number of aryl methyl sites for hydroxylation is 1. The van der Waals surface area contributed by atoms with Gasteiger partial charge in [-0.3, -0.25) is 0 Å². The van der Waals surface area contributed by atoms with Crippen LogP contribution >= 0.6 is 0 Å². The number of rotatable bonds is 2. The predicted octanol–water partition coefficient (Wildman–Crippen LogP) is 3.20. The summed E-state index contributed by atoms with van der Waals surface area (Å²) in [4.78, 5) is 25.5. The number of hydrogen-bond donors (Lipinski definition) is 2. The SMILES string of the molecule is Cc1cccc(NC(=O)N2CC(C)CC(C)C2)c1C(=O)O. The van der Waals surface area contributed by atoms with Gasteiger partial charge in [-0.05, 0) is 36.8 Å². The predicted molar refractivity (Wildman–Crippen MR) is 81.7 cm³/mol. The Morgan fingerprint density at radius 3 is 2.43 bits per heavy atom. The lowest BCUT2D eigenvalue weighted by molar-refractivity contribution is 0.0697. The third-order valence-corrected chi connectivity index (χ3v) is 3.88. The van der Waals surface area contributed by atoms with Crippen LogP contribution in [0.25, 0.3) is 0 Å². The molecule has 1 aromatic rings. The molecule has 5 heteroatoms. The van der Waals surface area contributed by atoms with E-state index in [1.54, 1.807) is 30.0 Å². The third kappa shape index (κ3) is 3.54. The lowest BCUT2D eigenvalue weighted by atomic mass is 9.92. The minimum absolute atomic E-state index is 0.156. The van der Waals surface area contributed by atoms with E-state index in [2.05, 4.69) is 19.2 Å². The molecule has 2 rings (SSSR count). The van der Waals surface area contributed by atoms with Crippen molar-refractivity contribution in [1.29, 1.82) is 0 Å². The maximum Gasteiger partial charge on any atom is 0.338 e. The van der Waals surface area contributed by atoms with Crippen molar-refractivity contribution in [1.82, 2.24) is 4.90 Å². The standard InChI is InChI=1S/C16H22N2O3/c1-10-7-11(2)9-18(8-10)16(21)17-13-6-4-5-12(3)14(13)15(19)20/h4-6,10-11H,7-9H2,1-3H3,(H,17,21)(H,19,20). The normalized spacial score (nSPS) is 22.0. The van der Waals surface area contributed by atoms with Gasteiger partial charge in [-0.1, -0.05) is 26.0 Å². The smallest absolute Gasteiger partial charge is 0.338 e. The summed E-state index contributed by atoms with van der Waals surface area (Å²) in [6.45, 7) is 7.41. The Labute approximate surface area is 125 Å². The minimum Gasteiger partial charge on any atom is -0.478 e. The van der Waals surface area contributed by atoms with E-state index in [1.165, 1.54) is 0 Å². The molecule has 0 radical (unpaired) electrons. The summed E-state index contributed by atoms with van der Waals surface area (Å²) in [5.74, 6) is -0.0873. The molecule has 1 heterocycles. The zero-order valence-corrected chi connectivity index (χ0v) is 12.7. The van der Waals surface area contributed by atoms with Crippen LogP contribution in [-0.4, -0.2) is 35.1 Å². The first-order chi connectivity index (χ1) is 9.88. The van der Waals surface area contributed by atoms with Gasteiger partial charge in [0.05, 0.1) is 11.3 Å². The topological polar surface area (TPSA) is 69.6 Å².